The van der Waals surface area contributed by atoms with E-state index in [0.29, 0.717) is 18.5 Å². The summed E-state index contributed by atoms with van der Waals surface area (Å²) in [5, 5.41) is 2.89. The van der Waals surface area contributed by atoms with Crippen LogP contribution < -0.4 is 10.2 Å². The fourth-order valence-electron chi connectivity index (χ4n) is 4.15. The van der Waals surface area contributed by atoms with Crippen LogP contribution in [0.1, 0.15) is 17.7 Å². The van der Waals surface area contributed by atoms with Crippen LogP contribution in [0.3, 0.4) is 0 Å². The maximum absolute atomic E-state index is 13.5. The number of benzene rings is 1. The van der Waals surface area contributed by atoms with Crippen molar-refractivity contribution in [2.45, 2.75) is 18.0 Å². The van der Waals surface area contributed by atoms with Gasteiger partial charge >= 0.3 is 6.18 Å². The number of nitrogens with zero attached hydrogens (tertiary/aromatic N) is 4. The highest BCUT2D eigenvalue weighted by Gasteiger charge is 2.51. The lowest BCUT2D eigenvalue weighted by atomic mass is 9.81. The van der Waals surface area contributed by atoms with Gasteiger partial charge in [-0.15, -0.1) is 0 Å². The minimum absolute atomic E-state index is 0.0508. The summed E-state index contributed by atoms with van der Waals surface area (Å²) in [6.45, 7) is 0.652. The van der Waals surface area contributed by atoms with Crippen LogP contribution in [0.25, 0.3) is 11.4 Å². The third kappa shape index (κ3) is 2.89. The van der Waals surface area contributed by atoms with E-state index >= 15 is 0 Å². The van der Waals surface area contributed by atoms with E-state index in [1.807, 2.05) is 24.3 Å². The van der Waals surface area contributed by atoms with Crippen molar-refractivity contribution in [1.29, 1.82) is 0 Å². The Hall–Kier alpha value is -3.49. The van der Waals surface area contributed by atoms with Crippen molar-refractivity contribution in [3.8, 4) is 11.4 Å². The molecule has 1 N–H and O–H groups in total. The highest BCUT2D eigenvalue weighted by molar-refractivity contribution is 6.07. The number of anilines is 2. The molecule has 152 valence electrons. The number of halogens is 3. The molecule has 1 unspecified atom stereocenters. The molecule has 1 aromatic carbocycles. The van der Waals surface area contributed by atoms with Crippen LogP contribution >= 0.6 is 0 Å². The van der Waals surface area contributed by atoms with Crippen molar-refractivity contribution in [2.24, 2.45) is 0 Å². The lowest BCUT2D eigenvalue weighted by Gasteiger charge is -2.24. The van der Waals surface area contributed by atoms with Crippen molar-refractivity contribution in [3.63, 3.8) is 0 Å². The van der Waals surface area contributed by atoms with Crippen molar-refractivity contribution in [2.75, 3.05) is 23.3 Å². The molecule has 0 aliphatic carbocycles. The first-order valence-electron chi connectivity index (χ1n) is 9.39. The lowest BCUT2D eigenvalue weighted by molar-refractivity contribution is -0.141. The quantitative estimate of drug-likeness (QED) is 0.697. The lowest BCUT2D eigenvalue weighted by Crippen LogP contribution is -2.37. The SMILES string of the molecule is O=C1Nc2ccccc2C12CCN(c1cc(C(F)(F)F)nc(-c3cccnc3)n1)C2. The molecule has 0 radical (unpaired) electrons. The number of rotatable bonds is 2. The molecule has 4 heterocycles. The van der Waals surface area contributed by atoms with Gasteiger partial charge in [-0.3, -0.25) is 9.78 Å². The van der Waals surface area contributed by atoms with Gasteiger partial charge in [0.25, 0.3) is 0 Å². The van der Waals surface area contributed by atoms with Gasteiger partial charge in [-0.1, -0.05) is 18.2 Å². The van der Waals surface area contributed by atoms with Crippen LogP contribution in [0.15, 0.2) is 54.9 Å². The molecule has 5 rings (SSSR count). The molecule has 30 heavy (non-hydrogen) atoms. The van der Waals surface area contributed by atoms with Crippen molar-refractivity contribution < 1.29 is 18.0 Å². The van der Waals surface area contributed by atoms with Crippen LogP contribution in [0, 0.1) is 0 Å². The van der Waals surface area contributed by atoms with Crippen LogP contribution in [0.2, 0.25) is 0 Å². The van der Waals surface area contributed by atoms with Gasteiger partial charge in [0.05, 0.1) is 5.41 Å². The second-order valence-electron chi connectivity index (χ2n) is 7.43. The number of aromatic nitrogens is 3. The van der Waals surface area contributed by atoms with Crippen LogP contribution in [-0.4, -0.2) is 33.9 Å². The average molecular weight is 411 g/mol. The number of fused-ring (bicyclic) bond motifs is 2. The molecule has 9 heteroatoms. The van der Waals surface area contributed by atoms with E-state index in [1.165, 1.54) is 12.4 Å². The molecule has 2 aromatic heterocycles. The zero-order valence-electron chi connectivity index (χ0n) is 15.6. The Kier molecular flexibility index (Phi) is 4.02. The first-order valence-corrected chi connectivity index (χ1v) is 9.39. The Morgan fingerprint density at radius 3 is 2.70 bits per heavy atom. The van der Waals surface area contributed by atoms with Crippen molar-refractivity contribution >= 4 is 17.4 Å². The molecule has 3 aromatic rings. The normalized spacial score (nSPS) is 20.5. The van der Waals surface area contributed by atoms with Gasteiger partial charge in [0.2, 0.25) is 5.91 Å². The number of hydrogen-bond acceptors (Lipinski definition) is 5. The van der Waals surface area contributed by atoms with E-state index in [9.17, 15) is 18.0 Å². The number of pyridine rings is 1. The molecule has 1 atom stereocenters. The fraction of sp³-hybridized carbons (Fsp3) is 0.238. The van der Waals surface area contributed by atoms with E-state index in [1.54, 1.807) is 17.0 Å². The predicted molar refractivity (Wildman–Crippen MR) is 104 cm³/mol. The van der Waals surface area contributed by atoms with Crippen molar-refractivity contribution in [1.82, 2.24) is 15.0 Å². The Bertz CT molecular complexity index is 1130. The van der Waals surface area contributed by atoms with Gasteiger partial charge < -0.3 is 10.2 Å². The summed E-state index contributed by atoms with van der Waals surface area (Å²) in [7, 11) is 0. The summed E-state index contributed by atoms with van der Waals surface area (Å²) >= 11 is 0. The van der Waals surface area contributed by atoms with Crippen molar-refractivity contribution in [3.05, 3.63) is 66.1 Å². The number of alkyl halides is 3. The highest BCUT2D eigenvalue weighted by atomic mass is 19.4. The molecular weight excluding hydrogens is 395 g/mol. The highest BCUT2D eigenvalue weighted by Crippen LogP contribution is 2.45. The number of hydrogen-bond donors (Lipinski definition) is 1. The van der Waals surface area contributed by atoms with Gasteiger partial charge in [0, 0.05) is 42.8 Å². The Morgan fingerprint density at radius 1 is 1.10 bits per heavy atom. The zero-order valence-corrected chi connectivity index (χ0v) is 15.6. The standard InChI is InChI=1S/C21H16F3N5O/c22-21(23,24)16-10-17(28-18(27-16)13-4-3-8-25-11-13)29-9-7-20(12-29)14-5-1-2-6-15(14)26-19(20)30/h1-6,8,10-11H,7,9,12H2,(H,26,30). The number of nitrogens with one attached hydrogen (secondary N) is 1. The van der Waals surface area contributed by atoms with Crippen LogP contribution in [0.4, 0.5) is 24.7 Å². The maximum Gasteiger partial charge on any atom is 0.433 e. The van der Waals surface area contributed by atoms with Gasteiger partial charge in [-0.25, -0.2) is 9.97 Å². The first-order chi connectivity index (χ1) is 14.4. The number of para-hydroxylation sites is 1. The monoisotopic (exact) mass is 411 g/mol. The predicted octanol–water partition coefficient (Wildman–Crippen LogP) is 3.66. The molecule has 2 aliphatic heterocycles. The molecule has 1 spiro atoms. The first kappa shape index (κ1) is 18.5. The van der Waals surface area contributed by atoms with Gasteiger partial charge in [-0.05, 0) is 30.2 Å². The molecule has 1 saturated heterocycles. The fourth-order valence-corrected chi connectivity index (χ4v) is 4.15. The summed E-state index contributed by atoms with van der Waals surface area (Å²) in [6, 6.07) is 11.6. The van der Waals surface area contributed by atoms with E-state index < -0.39 is 17.3 Å². The van der Waals surface area contributed by atoms with Gasteiger partial charge in [0.1, 0.15) is 5.82 Å². The number of amides is 1. The Balaban J connectivity index is 1.56. The Morgan fingerprint density at radius 2 is 1.93 bits per heavy atom. The Labute approximate surface area is 169 Å². The second-order valence-corrected chi connectivity index (χ2v) is 7.43. The van der Waals surface area contributed by atoms with Gasteiger partial charge in [0.15, 0.2) is 11.5 Å². The van der Waals surface area contributed by atoms with Crippen LogP contribution in [0.5, 0.6) is 0 Å². The molecule has 0 saturated carbocycles. The number of carbonyl (C=O) groups excluding carboxylic acids is 1. The summed E-state index contributed by atoms with van der Waals surface area (Å²) < 4.78 is 40.5. The van der Waals surface area contributed by atoms with Gasteiger partial charge in [-0.2, -0.15) is 13.2 Å². The third-order valence-corrected chi connectivity index (χ3v) is 5.64. The summed E-state index contributed by atoms with van der Waals surface area (Å²) in [4.78, 5) is 26.5. The summed E-state index contributed by atoms with van der Waals surface area (Å²) in [6.07, 6.45) is -1.18. The minimum atomic E-state index is -4.62. The molecule has 1 amide bonds. The maximum atomic E-state index is 13.5. The van der Waals surface area contributed by atoms with E-state index in [0.717, 1.165) is 17.3 Å². The molecular formula is C21H16F3N5O. The van der Waals surface area contributed by atoms with E-state index in [2.05, 4.69) is 20.3 Å². The molecule has 1 fully saturated rings. The smallest absolute Gasteiger partial charge is 0.355 e. The molecule has 6 nitrogen and oxygen atoms in total. The molecule has 0 bridgehead atoms. The molecule has 2 aliphatic rings. The second kappa shape index (κ2) is 6.51. The largest absolute Gasteiger partial charge is 0.433 e. The number of carbonyl (C=O) groups is 1. The zero-order chi connectivity index (χ0) is 20.9. The minimum Gasteiger partial charge on any atom is -0.355 e. The average Bonchev–Trinajstić information content (AvgIpc) is 3.31. The van der Waals surface area contributed by atoms with E-state index in [-0.39, 0.29) is 24.1 Å². The summed E-state index contributed by atoms with van der Waals surface area (Å²) in [5.74, 6) is -0.0424. The topological polar surface area (TPSA) is 71.0 Å². The summed E-state index contributed by atoms with van der Waals surface area (Å²) in [5.41, 5.74) is 0.189. The van der Waals surface area contributed by atoms with Crippen LogP contribution in [-0.2, 0) is 16.4 Å². The third-order valence-electron chi connectivity index (χ3n) is 5.64. The van der Waals surface area contributed by atoms with E-state index in [4.69, 9.17) is 0 Å².